The first-order chi connectivity index (χ1) is 16.1. The highest BCUT2D eigenvalue weighted by Crippen LogP contribution is 2.33. The summed E-state index contributed by atoms with van der Waals surface area (Å²) in [6.45, 7) is 3.79. The molecule has 0 unspecified atom stereocenters. The normalized spacial score (nSPS) is 14.8. The van der Waals surface area contributed by atoms with Gasteiger partial charge in [-0.3, -0.25) is 20.2 Å². The SMILES string of the molecule is Cc1nc(N2CCN(S(=O)(=O)c3cc([N+](=O)[O-])c(C)c([N+](=O)[O-])c3)CC2)cc(-n2cccc2)n1. The number of hydrogen-bond acceptors (Lipinski definition) is 9. The third-order valence-electron chi connectivity index (χ3n) is 5.60. The number of hydrogen-bond donors (Lipinski definition) is 0. The van der Waals surface area contributed by atoms with E-state index in [0.29, 0.717) is 30.5 Å². The van der Waals surface area contributed by atoms with Crippen LogP contribution in [0, 0.1) is 34.1 Å². The van der Waals surface area contributed by atoms with Crippen molar-refractivity contribution < 1.29 is 18.3 Å². The molecule has 1 aromatic carbocycles. The first-order valence-electron chi connectivity index (χ1n) is 10.3. The van der Waals surface area contributed by atoms with Crippen LogP contribution in [0.15, 0.2) is 47.6 Å². The van der Waals surface area contributed by atoms with Crippen molar-refractivity contribution in [1.29, 1.82) is 0 Å². The minimum absolute atomic E-state index is 0.0830. The van der Waals surface area contributed by atoms with Crippen molar-refractivity contribution in [1.82, 2.24) is 18.8 Å². The van der Waals surface area contributed by atoms with Crippen molar-refractivity contribution >= 4 is 27.2 Å². The smallest absolute Gasteiger partial charge is 0.280 e. The third kappa shape index (κ3) is 4.32. The third-order valence-corrected chi connectivity index (χ3v) is 7.48. The van der Waals surface area contributed by atoms with Crippen LogP contribution in [0.25, 0.3) is 5.82 Å². The number of nitro benzene ring substituents is 2. The molecular formula is C20H21N7O6S. The van der Waals surface area contributed by atoms with E-state index in [1.165, 1.54) is 11.2 Å². The van der Waals surface area contributed by atoms with Crippen LogP contribution in [0.5, 0.6) is 0 Å². The highest BCUT2D eigenvalue weighted by molar-refractivity contribution is 7.89. The molecule has 1 aliphatic heterocycles. The second-order valence-electron chi connectivity index (χ2n) is 7.71. The van der Waals surface area contributed by atoms with Gasteiger partial charge in [0.15, 0.2) is 0 Å². The standard InChI is InChI=1S/C20H21N7O6S/c1-14-17(26(28)29)11-16(12-18(14)27(30)31)34(32,33)25-9-7-24(8-10-25)20-13-19(21-15(2)22-20)23-5-3-4-6-23/h3-6,11-13H,7-10H2,1-2H3. The van der Waals surface area contributed by atoms with Crippen LogP contribution in [0.4, 0.5) is 17.2 Å². The summed E-state index contributed by atoms with van der Waals surface area (Å²) in [5, 5.41) is 22.7. The van der Waals surface area contributed by atoms with Crippen molar-refractivity contribution in [3.8, 4) is 5.82 Å². The molecule has 3 aromatic rings. The average Bonchev–Trinajstić information content (AvgIpc) is 3.33. The fourth-order valence-corrected chi connectivity index (χ4v) is 5.28. The van der Waals surface area contributed by atoms with Gasteiger partial charge in [-0.1, -0.05) is 0 Å². The maximum Gasteiger partial charge on any atom is 0.280 e. The van der Waals surface area contributed by atoms with Crippen molar-refractivity contribution in [3.05, 3.63) is 74.3 Å². The van der Waals surface area contributed by atoms with Crippen molar-refractivity contribution in [3.63, 3.8) is 0 Å². The Morgan fingerprint density at radius 1 is 0.853 bits per heavy atom. The van der Waals surface area contributed by atoms with E-state index in [1.807, 2.05) is 40.1 Å². The summed E-state index contributed by atoms with van der Waals surface area (Å²) < 4.78 is 29.4. The number of benzene rings is 1. The van der Waals surface area contributed by atoms with Gasteiger partial charge in [-0.05, 0) is 26.0 Å². The van der Waals surface area contributed by atoms with E-state index in [4.69, 9.17) is 0 Å². The topological polar surface area (TPSA) is 158 Å². The minimum Gasteiger partial charge on any atom is -0.354 e. The second-order valence-corrected chi connectivity index (χ2v) is 9.65. The molecule has 0 atom stereocenters. The lowest BCUT2D eigenvalue weighted by Crippen LogP contribution is -2.49. The first kappa shape index (κ1) is 23.3. The summed E-state index contributed by atoms with van der Waals surface area (Å²) in [4.78, 5) is 31.4. The van der Waals surface area contributed by atoms with Crippen molar-refractivity contribution in [2.24, 2.45) is 0 Å². The van der Waals surface area contributed by atoms with Gasteiger partial charge in [-0.15, -0.1) is 0 Å². The Kier molecular flexibility index (Phi) is 6.01. The van der Waals surface area contributed by atoms with Crippen molar-refractivity contribution in [2.45, 2.75) is 18.7 Å². The summed E-state index contributed by atoms with van der Waals surface area (Å²) in [5.74, 6) is 1.90. The van der Waals surface area contributed by atoms with Gasteiger partial charge in [-0.25, -0.2) is 18.4 Å². The maximum atomic E-state index is 13.2. The molecule has 0 bridgehead atoms. The predicted octanol–water partition coefficient (Wildman–Crippen LogP) is 2.21. The highest BCUT2D eigenvalue weighted by Gasteiger charge is 2.33. The van der Waals surface area contributed by atoms with Gasteiger partial charge in [0.05, 0.1) is 14.7 Å². The molecule has 0 N–H and O–H groups in total. The van der Waals surface area contributed by atoms with Gasteiger partial charge < -0.3 is 9.47 Å². The molecule has 3 heterocycles. The molecule has 0 saturated carbocycles. The average molecular weight is 487 g/mol. The van der Waals surface area contributed by atoms with E-state index in [9.17, 15) is 28.6 Å². The Morgan fingerprint density at radius 2 is 1.38 bits per heavy atom. The van der Waals surface area contributed by atoms with Gasteiger partial charge in [0.2, 0.25) is 10.0 Å². The fraction of sp³-hybridized carbons (Fsp3) is 0.300. The monoisotopic (exact) mass is 487 g/mol. The summed E-state index contributed by atoms with van der Waals surface area (Å²) in [6, 6.07) is 7.31. The molecule has 1 fully saturated rings. The summed E-state index contributed by atoms with van der Waals surface area (Å²) in [5.41, 5.74) is -1.42. The molecule has 0 radical (unpaired) electrons. The number of sulfonamides is 1. The van der Waals surface area contributed by atoms with Gasteiger partial charge >= 0.3 is 0 Å². The summed E-state index contributed by atoms with van der Waals surface area (Å²) in [6.07, 6.45) is 3.71. The molecular weight excluding hydrogens is 466 g/mol. The molecule has 13 nitrogen and oxygen atoms in total. The van der Waals surface area contributed by atoms with Gasteiger partial charge in [0, 0.05) is 56.8 Å². The largest absolute Gasteiger partial charge is 0.354 e. The van der Waals surface area contributed by atoms with Crippen LogP contribution in [-0.2, 0) is 10.0 Å². The quantitative estimate of drug-likeness (QED) is 0.375. The number of piperazine rings is 1. The van der Waals surface area contributed by atoms with Crippen molar-refractivity contribution in [2.75, 3.05) is 31.1 Å². The zero-order valence-electron chi connectivity index (χ0n) is 18.4. The maximum absolute atomic E-state index is 13.2. The molecule has 0 amide bonds. The Balaban J connectivity index is 1.58. The lowest BCUT2D eigenvalue weighted by atomic mass is 10.1. The Bertz CT molecular complexity index is 1330. The molecule has 34 heavy (non-hydrogen) atoms. The van der Waals surface area contributed by atoms with E-state index in [0.717, 1.165) is 12.1 Å². The number of nitrogens with zero attached hydrogens (tertiary/aromatic N) is 7. The van der Waals surface area contributed by atoms with Crippen LogP contribution in [0.1, 0.15) is 11.4 Å². The predicted molar refractivity (Wildman–Crippen MR) is 122 cm³/mol. The fourth-order valence-electron chi connectivity index (χ4n) is 3.81. The van der Waals surface area contributed by atoms with E-state index in [2.05, 4.69) is 9.97 Å². The van der Waals surface area contributed by atoms with Crippen LogP contribution < -0.4 is 4.90 Å². The van der Waals surface area contributed by atoms with Crippen LogP contribution in [0.2, 0.25) is 0 Å². The lowest BCUT2D eigenvalue weighted by Gasteiger charge is -2.34. The van der Waals surface area contributed by atoms with Crippen LogP contribution in [0.3, 0.4) is 0 Å². The van der Waals surface area contributed by atoms with E-state index < -0.39 is 36.1 Å². The minimum atomic E-state index is -4.19. The number of rotatable bonds is 6. The zero-order valence-corrected chi connectivity index (χ0v) is 19.2. The number of aryl methyl sites for hydroxylation is 1. The zero-order chi connectivity index (χ0) is 24.6. The van der Waals surface area contributed by atoms with Gasteiger partial charge in [0.1, 0.15) is 23.0 Å². The number of nitro groups is 2. The first-order valence-corrected chi connectivity index (χ1v) is 11.7. The number of anilines is 1. The highest BCUT2D eigenvalue weighted by atomic mass is 32.2. The Hall–Kier alpha value is -3.91. The van der Waals surface area contributed by atoms with E-state index in [1.54, 1.807) is 6.92 Å². The molecule has 0 spiro atoms. The molecule has 4 rings (SSSR count). The summed E-state index contributed by atoms with van der Waals surface area (Å²) >= 11 is 0. The van der Waals surface area contributed by atoms with Gasteiger partial charge in [0.25, 0.3) is 11.4 Å². The summed E-state index contributed by atoms with van der Waals surface area (Å²) in [7, 11) is -4.19. The molecule has 1 saturated heterocycles. The van der Waals surface area contributed by atoms with E-state index >= 15 is 0 Å². The van der Waals surface area contributed by atoms with Gasteiger partial charge in [-0.2, -0.15) is 4.31 Å². The molecule has 0 aliphatic carbocycles. The Labute approximate surface area is 194 Å². The lowest BCUT2D eigenvalue weighted by molar-refractivity contribution is -0.395. The molecule has 1 aliphatic rings. The van der Waals surface area contributed by atoms with Crippen LogP contribution >= 0.6 is 0 Å². The molecule has 14 heteroatoms. The van der Waals surface area contributed by atoms with E-state index in [-0.39, 0.29) is 18.7 Å². The molecule has 2 aromatic heterocycles. The second kappa shape index (κ2) is 8.79. The number of aromatic nitrogens is 3. The Morgan fingerprint density at radius 3 is 1.91 bits per heavy atom. The van der Waals surface area contributed by atoms with Crippen LogP contribution in [-0.4, -0.2) is 63.3 Å². The molecule has 178 valence electrons.